The van der Waals surface area contributed by atoms with E-state index in [2.05, 4.69) is 5.32 Å². The minimum Gasteiger partial charge on any atom is -0.494 e. The van der Waals surface area contributed by atoms with Crippen molar-refractivity contribution in [2.24, 2.45) is 0 Å². The monoisotopic (exact) mass is 263 g/mol. The van der Waals surface area contributed by atoms with E-state index in [0.717, 1.165) is 17.7 Å². The van der Waals surface area contributed by atoms with Crippen molar-refractivity contribution in [1.29, 1.82) is 0 Å². The molecule has 0 aliphatic carbocycles. The minimum atomic E-state index is -0.0926. The Balaban J connectivity index is 2.36. The lowest BCUT2D eigenvalue weighted by Crippen LogP contribution is -2.22. The van der Waals surface area contributed by atoms with Crippen LogP contribution in [0.2, 0.25) is 0 Å². The second-order valence-electron chi connectivity index (χ2n) is 3.97. The molecule has 1 amide bonds. The molecule has 4 nitrogen and oxygen atoms in total. The van der Waals surface area contributed by atoms with Crippen LogP contribution in [0, 0.1) is 0 Å². The van der Waals surface area contributed by atoms with Crippen LogP contribution in [0.3, 0.4) is 0 Å². The highest BCUT2D eigenvalue weighted by Gasteiger charge is 1.95. The van der Waals surface area contributed by atoms with Crippen LogP contribution in [0.5, 0.6) is 5.75 Å². The van der Waals surface area contributed by atoms with Crippen molar-refractivity contribution in [3.05, 3.63) is 35.9 Å². The van der Waals surface area contributed by atoms with Gasteiger partial charge in [0.15, 0.2) is 0 Å². The van der Waals surface area contributed by atoms with Crippen LogP contribution in [0.4, 0.5) is 0 Å². The number of carbonyl (C=O) groups excluding carboxylic acids is 1. The molecule has 0 spiro atoms. The minimum absolute atomic E-state index is 0.0926. The lowest BCUT2D eigenvalue weighted by Gasteiger charge is -2.02. The SMILES string of the molecule is CCOc1ccc(/C=C/C(=O)NCCCOC)cc1. The van der Waals surface area contributed by atoms with E-state index in [0.29, 0.717) is 19.8 Å². The van der Waals surface area contributed by atoms with Crippen molar-refractivity contribution in [2.75, 3.05) is 26.9 Å². The molecule has 0 radical (unpaired) electrons. The molecule has 0 saturated carbocycles. The van der Waals surface area contributed by atoms with Crippen LogP contribution >= 0.6 is 0 Å². The topological polar surface area (TPSA) is 47.6 Å². The van der Waals surface area contributed by atoms with Gasteiger partial charge >= 0.3 is 0 Å². The quantitative estimate of drug-likeness (QED) is 0.578. The third-order valence-corrected chi connectivity index (χ3v) is 2.44. The molecule has 0 heterocycles. The second kappa shape index (κ2) is 9.16. The molecule has 104 valence electrons. The highest BCUT2D eigenvalue weighted by Crippen LogP contribution is 2.12. The third-order valence-electron chi connectivity index (χ3n) is 2.44. The first-order valence-corrected chi connectivity index (χ1v) is 6.44. The molecule has 0 aliphatic rings. The Morgan fingerprint density at radius 1 is 1.32 bits per heavy atom. The van der Waals surface area contributed by atoms with Gasteiger partial charge in [-0.3, -0.25) is 4.79 Å². The van der Waals surface area contributed by atoms with Gasteiger partial charge in [-0.05, 0) is 37.1 Å². The van der Waals surface area contributed by atoms with Gasteiger partial charge in [0.1, 0.15) is 5.75 Å². The molecule has 0 unspecified atom stereocenters. The molecule has 1 N–H and O–H groups in total. The first kappa shape index (κ1) is 15.2. The van der Waals surface area contributed by atoms with Crippen molar-refractivity contribution in [2.45, 2.75) is 13.3 Å². The Hall–Kier alpha value is -1.81. The van der Waals surface area contributed by atoms with E-state index in [-0.39, 0.29) is 5.91 Å². The van der Waals surface area contributed by atoms with E-state index in [1.807, 2.05) is 31.2 Å². The van der Waals surface area contributed by atoms with Crippen LogP contribution in [0.15, 0.2) is 30.3 Å². The summed E-state index contributed by atoms with van der Waals surface area (Å²) in [7, 11) is 1.65. The summed E-state index contributed by atoms with van der Waals surface area (Å²) in [4.78, 5) is 11.5. The van der Waals surface area contributed by atoms with Gasteiger partial charge < -0.3 is 14.8 Å². The molecule has 1 aromatic rings. The Kier molecular flexibility index (Phi) is 7.35. The summed E-state index contributed by atoms with van der Waals surface area (Å²) >= 11 is 0. The smallest absolute Gasteiger partial charge is 0.244 e. The number of carbonyl (C=O) groups is 1. The molecule has 0 atom stereocenters. The third kappa shape index (κ3) is 6.62. The van der Waals surface area contributed by atoms with E-state index in [9.17, 15) is 4.79 Å². The summed E-state index contributed by atoms with van der Waals surface area (Å²) in [6, 6.07) is 7.61. The fourth-order valence-electron chi connectivity index (χ4n) is 1.50. The summed E-state index contributed by atoms with van der Waals surface area (Å²) < 4.78 is 10.3. The first-order valence-electron chi connectivity index (χ1n) is 6.44. The predicted molar refractivity (Wildman–Crippen MR) is 76.1 cm³/mol. The van der Waals surface area contributed by atoms with Crippen molar-refractivity contribution in [3.8, 4) is 5.75 Å². The highest BCUT2D eigenvalue weighted by molar-refractivity contribution is 5.91. The maximum Gasteiger partial charge on any atom is 0.244 e. The Morgan fingerprint density at radius 3 is 2.68 bits per heavy atom. The fourth-order valence-corrected chi connectivity index (χ4v) is 1.50. The van der Waals surface area contributed by atoms with Gasteiger partial charge in [-0.1, -0.05) is 12.1 Å². The molecule has 0 fully saturated rings. The first-order chi connectivity index (χ1) is 9.26. The molecule has 1 aromatic carbocycles. The van der Waals surface area contributed by atoms with Crippen molar-refractivity contribution in [3.63, 3.8) is 0 Å². The highest BCUT2D eigenvalue weighted by atomic mass is 16.5. The fraction of sp³-hybridized carbons (Fsp3) is 0.400. The average Bonchev–Trinajstić information content (AvgIpc) is 2.43. The molecule has 19 heavy (non-hydrogen) atoms. The van der Waals surface area contributed by atoms with Crippen molar-refractivity contribution >= 4 is 12.0 Å². The summed E-state index contributed by atoms with van der Waals surface area (Å²) in [5, 5.41) is 2.79. The maximum atomic E-state index is 11.5. The molecule has 0 bridgehead atoms. The lowest BCUT2D eigenvalue weighted by molar-refractivity contribution is -0.116. The van der Waals surface area contributed by atoms with Gasteiger partial charge in [-0.25, -0.2) is 0 Å². The van der Waals surface area contributed by atoms with Crippen LogP contribution in [0.25, 0.3) is 6.08 Å². The predicted octanol–water partition coefficient (Wildman–Crippen LogP) is 2.25. The molecule has 4 heteroatoms. The maximum absolute atomic E-state index is 11.5. The summed E-state index contributed by atoms with van der Waals surface area (Å²) in [5.74, 6) is 0.744. The molecule has 0 aliphatic heterocycles. The van der Waals surface area contributed by atoms with Crippen LogP contribution in [0.1, 0.15) is 18.9 Å². The lowest BCUT2D eigenvalue weighted by atomic mass is 10.2. The van der Waals surface area contributed by atoms with Gasteiger partial charge in [-0.15, -0.1) is 0 Å². The number of hydrogen-bond donors (Lipinski definition) is 1. The zero-order valence-corrected chi connectivity index (χ0v) is 11.5. The van der Waals surface area contributed by atoms with E-state index >= 15 is 0 Å². The summed E-state index contributed by atoms with van der Waals surface area (Å²) in [6.07, 6.45) is 4.13. The van der Waals surface area contributed by atoms with E-state index in [1.54, 1.807) is 13.2 Å². The second-order valence-corrected chi connectivity index (χ2v) is 3.97. The van der Waals surface area contributed by atoms with Crippen LogP contribution in [-0.2, 0) is 9.53 Å². The van der Waals surface area contributed by atoms with Crippen molar-refractivity contribution < 1.29 is 14.3 Å². The molecule has 0 saturated heterocycles. The van der Waals surface area contributed by atoms with Gasteiger partial charge in [0.2, 0.25) is 5.91 Å². The van der Waals surface area contributed by atoms with Gasteiger partial charge in [-0.2, -0.15) is 0 Å². The summed E-state index contributed by atoms with van der Waals surface area (Å²) in [5.41, 5.74) is 0.968. The largest absolute Gasteiger partial charge is 0.494 e. The van der Waals surface area contributed by atoms with Gasteiger partial charge in [0, 0.05) is 26.3 Å². The Morgan fingerprint density at radius 2 is 2.05 bits per heavy atom. The number of methoxy groups -OCH3 is 1. The van der Waals surface area contributed by atoms with Crippen LogP contribution < -0.4 is 10.1 Å². The number of hydrogen-bond acceptors (Lipinski definition) is 3. The zero-order valence-electron chi connectivity index (χ0n) is 11.5. The van der Waals surface area contributed by atoms with E-state index in [1.165, 1.54) is 6.08 Å². The van der Waals surface area contributed by atoms with E-state index < -0.39 is 0 Å². The summed E-state index contributed by atoms with van der Waals surface area (Å²) in [6.45, 7) is 3.88. The molecular formula is C15H21NO3. The van der Waals surface area contributed by atoms with E-state index in [4.69, 9.17) is 9.47 Å². The Labute approximate surface area is 114 Å². The normalized spacial score (nSPS) is 10.6. The molecule has 1 rings (SSSR count). The van der Waals surface area contributed by atoms with Crippen LogP contribution in [-0.4, -0.2) is 32.8 Å². The molecule has 0 aromatic heterocycles. The number of amides is 1. The van der Waals surface area contributed by atoms with Gasteiger partial charge in [0.05, 0.1) is 6.61 Å². The number of ether oxygens (including phenoxy) is 2. The molecular weight excluding hydrogens is 242 g/mol. The van der Waals surface area contributed by atoms with Crippen molar-refractivity contribution in [1.82, 2.24) is 5.32 Å². The van der Waals surface area contributed by atoms with Gasteiger partial charge in [0.25, 0.3) is 0 Å². The zero-order chi connectivity index (χ0) is 13.9. The average molecular weight is 263 g/mol. The number of rotatable bonds is 8. The Bertz CT molecular complexity index is 398. The number of nitrogens with one attached hydrogen (secondary N) is 1. The number of benzene rings is 1. The standard InChI is InChI=1S/C15H21NO3/c1-3-19-14-8-5-13(6-9-14)7-10-15(17)16-11-4-12-18-2/h5-10H,3-4,11-12H2,1-2H3,(H,16,17)/b10-7+.